The molecule has 172 valence electrons. The molecule has 7 nitrogen and oxygen atoms in total. The van der Waals surface area contributed by atoms with Crippen LogP contribution in [0, 0.1) is 13.8 Å². The van der Waals surface area contributed by atoms with Crippen LogP contribution >= 0.6 is 11.6 Å². The predicted octanol–water partition coefficient (Wildman–Crippen LogP) is 4.89. The zero-order valence-corrected chi connectivity index (χ0v) is 20.0. The van der Waals surface area contributed by atoms with Gasteiger partial charge in [-0.05, 0) is 61.2 Å². The quantitative estimate of drug-likeness (QED) is 0.425. The summed E-state index contributed by atoms with van der Waals surface area (Å²) in [7, 11) is 2.04. The van der Waals surface area contributed by atoms with E-state index in [0.717, 1.165) is 51.7 Å². The van der Waals surface area contributed by atoms with Crippen LogP contribution in [0.4, 0.5) is 5.69 Å². The van der Waals surface area contributed by atoms with Crippen molar-refractivity contribution in [1.29, 1.82) is 0 Å². The van der Waals surface area contributed by atoms with Crippen molar-refractivity contribution in [3.05, 3.63) is 87.6 Å². The number of pyridine rings is 1. The molecule has 2 aliphatic rings. The number of benzene rings is 1. The van der Waals surface area contributed by atoms with Crippen molar-refractivity contribution in [3.8, 4) is 0 Å². The standard InChI is InChI=1S/C26H24ClN5O2/c1-15-12-20(14-31-16(2)28-29-25(15)31)32-23(18-4-6-19(27)7-5-18)24-21(26(32)33)13-22(30(24)3)17-8-10-34-11-9-17/h4-8,12-14,23H,9-11H2,1-3H3/t23-/m1/s1. The number of carbonyl (C=O) groups is 1. The number of rotatable bonds is 3. The first-order valence-electron chi connectivity index (χ1n) is 11.3. The lowest BCUT2D eigenvalue weighted by Gasteiger charge is -2.28. The fraction of sp³-hybridized carbons (Fsp3) is 0.269. The number of ether oxygens (including phenoxy) is 1. The van der Waals surface area contributed by atoms with Crippen LogP contribution in [0.15, 0.2) is 48.7 Å². The molecule has 4 aromatic rings. The number of aryl methyl sites for hydroxylation is 2. The Balaban J connectivity index is 1.55. The third kappa shape index (κ3) is 3.11. The van der Waals surface area contributed by atoms with Gasteiger partial charge in [0.25, 0.3) is 5.91 Å². The van der Waals surface area contributed by atoms with Crippen molar-refractivity contribution in [3.63, 3.8) is 0 Å². The van der Waals surface area contributed by atoms with Gasteiger partial charge in [0.05, 0.1) is 30.2 Å². The highest BCUT2D eigenvalue weighted by atomic mass is 35.5. The summed E-state index contributed by atoms with van der Waals surface area (Å²) in [6.45, 7) is 5.20. The van der Waals surface area contributed by atoms with E-state index in [-0.39, 0.29) is 11.9 Å². The molecule has 0 unspecified atom stereocenters. The maximum absolute atomic E-state index is 14.0. The summed E-state index contributed by atoms with van der Waals surface area (Å²) in [5.41, 5.74) is 7.56. The summed E-state index contributed by atoms with van der Waals surface area (Å²) in [6.07, 6.45) is 4.90. The van der Waals surface area contributed by atoms with E-state index < -0.39 is 0 Å². The average Bonchev–Trinajstić information content (AvgIpc) is 3.47. The second kappa shape index (κ2) is 7.82. The SMILES string of the molecule is Cc1cc(N2C(=O)c3cc(C4=CCOCC4)n(C)c3[C@H]2c2ccc(Cl)cc2)cn2c(C)nnc12. The van der Waals surface area contributed by atoms with Crippen LogP contribution in [0.3, 0.4) is 0 Å². The van der Waals surface area contributed by atoms with Crippen molar-refractivity contribution in [2.24, 2.45) is 7.05 Å². The van der Waals surface area contributed by atoms with Crippen molar-refractivity contribution in [2.45, 2.75) is 26.3 Å². The molecule has 0 spiro atoms. The molecule has 0 saturated heterocycles. The maximum Gasteiger partial charge on any atom is 0.261 e. The molecule has 5 heterocycles. The zero-order chi connectivity index (χ0) is 23.6. The summed E-state index contributed by atoms with van der Waals surface area (Å²) in [5.74, 6) is 0.759. The normalized spacial score (nSPS) is 18.0. The molecule has 3 aromatic heterocycles. The van der Waals surface area contributed by atoms with E-state index in [2.05, 4.69) is 20.8 Å². The van der Waals surface area contributed by atoms with Gasteiger partial charge in [-0.1, -0.05) is 29.8 Å². The third-order valence-electron chi connectivity index (χ3n) is 6.85. The molecule has 6 rings (SSSR count). The Morgan fingerprint density at radius 3 is 2.65 bits per heavy atom. The molecule has 0 N–H and O–H groups in total. The van der Waals surface area contributed by atoms with Gasteiger partial charge in [0.15, 0.2) is 5.65 Å². The van der Waals surface area contributed by atoms with Gasteiger partial charge in [0.2, 0.25) is 0 Å². The smallest absolute Gasteiger partial charge is 0.261 e. The van der Waals surface area contributed by atoms with Gasteiger partial charge in [-0.15, -0.1) is 10.2 Å². The number of hydrogen-bond acceptors (Lipinski definition) is 4. The van der Waals surface area contributed by atoms with Gasteiger partial charge >= 0.3 is 0 Å². The molecule has 0 fully saturated rings. The lowest BCUT2D eigenvalue weighted by Crippen LogP contribution is -2.30. The first kappa shape index (κ1) is 21.1. The van der Waals surface area contributed by atoms with E-state index in [1.807, 2.05) is 72.8 Å². The van der Waals surface area contributed by atoms with Gasteiger partial charge in [-0.3, -0.25) is 14.1 Å². The van der Waals surface area contributed by atoms with Crippen LogP contribution in [0.25, 0.3) is 11.2 Å². The number of halogens is 1. The van der Waals surface area contributed by atoms with Crippen LogP contribution in [0.5, 0.6) is 0 Å². The Morgan fingerprint density at radius 1 is 1.12 bits per heavy atom. The number of nitrogens with zero attached hydrogens (tertiary/aromatic N) is 5. The minimum atomic E-state index is -0.285. The van der Waals surface area contributed by atoms with Crippen LogP contribution in [0.2, 0.25) is 5.02 Å². The van der Waals surface area contributed by atoms with Gasteiger partial charge in [-0.25, -0.2) is 0 Å². The number of amides is 1. The highest BCUT2D eigenvalue weighted by molar-refractivity contribution is 6.30. The first-order chi connectivity index (χ1) is 16.4. The van der Waals surface area contributed by atoms with Gasteiger partial charge in [0.1, 0.15) is 11.9 Å². The second-order valence-corrected chi connectivity index (χ2v) is 9.33. The van der Waals surface area contributed by atoms with E-state index in [1.165, 1.54) is 5.57 Å². The first-order valence-corrected chi connectivity index (χ1v) is 11.7. The van der Waals surface area contributed by atoms with E-state index in [4.69, 9.17) is 16.3 Å². The Labute approximate surface area is 202 Å². The van der Waals surface area contributed by atoms with E-state index >= 15 is 0 Å². The molecule has 0 saturated carbocycles. The topological polar surface area (TPSA) is 64.7 Å². The summed E-state index contributed by atoms with van der Waals surface area (Å²) < 4.78 is 9.61. The van der Waals surface area contributed by atoms with Gasteiger partial charge in [0, 0.05) is 24.0 Å². The predicted molar refractivity (Wildman–Crippen MR) is 131 cm³/mol. The Morgan fingerprint density at radius 2 is 1.91 bits per heavy atom. The summed E-state index contributed by atoms with van der Waals surface area (Å²) in [5, 5.41) is 9.15. The maximum atomic E-state index is 14.0. The number of aromatic nitrogens is 4. The molecule has 0 bridgehead atoms. The molecular weight excluding hydrogens is 450 g/mol. The Bertz CT molecular complexity index is 1480. The van der Waals surface area contributed by atoms with Gasteiger partial charge in [-0.2, -0.15) is 0 Å². The largest absolute Gasteiger partial charge is 0.377 e. The molecule has 0 aliphatic carbocycles. The van der Waals surface area contributed by atoms with Crippen molar-refractivity contribution in [1.82, 2.24) is 19.2 Å². The van der Waals surface area contributed by atoms with E-state index in [1.54, 1.807) is 0 Å². The molecule has 8 heteroatoms. The monoisotopic (exact) mass is 473 g/mol. The van der Waals surface area contributed by atoms with E-state index in [9.17, 15) is 4.79 Å². The van der Waals surface area contributed by atoms with Crippen LogP contribution in [-0.4, -0.2) is 38.3 Å². The summed E-state index contributed by atoms with van der Waals surface area (Å²) in [4.78, 5) is 15.8. The van der Waals surface area contributed by atoms with Crippen molar-refractivity contribution < 1.29 is 9.53 Å². The van der Waals surface area contributed by atoms with E-state index in [0.29, 0.717) is 18.2 Å². The molecule has 1 atom stereocenters. The Hall–Kier alpha value is -3.42. The van der Waals surface area contributed by atoms with Crippen LogP contribution in [-0.2, 0) is 11.8 Å². The van der Waals surface area contributed by atoms with Crippen molar-refractivity contribution >= 4 is 34.4 Å². The minimum absolute atomic E-state index is 0.0195. The summed E-state index contributed by atoms with van der Waals surface area (Å²) in [6, 6.07) is 11.5. The highest BCUT2D eigenvalue weighted by Crippen LogP contribution is 2.44. The molecule has 1 amide bonds. The Kier molecular flexibility index (Phi) is 4.86. The lowest BCUT2D eigenvalue weighted by atomic mass is 10.0. The fourth-order valence-corrected chi connectivity index (χ4v) is 5.28. The molecule has 0 radical (unpaired) electrons. The number of fused-ring (bicyclic) bond motifs is 2. The third-order valence-corrected chi connectivity index (χ3v) is 7.10. The number of anilines is 1. The average molecular weight is 474 g/mol. The molecule has 2 aliphatic heterocycles. The minimum Gasteiger partial charge on any atom is -0.377 e. The second-order valence-electron chi connectivity index (χ2n) is 8.89. The number of hydrogen-bond donors (Lipinski definition) is 0. The number of carbonyl (C=O) groups excluding carboxylic acids is 1. The summed E-state index contributed by atoms with van der Waals surface area (Å²) >= 11 is 6.21. The van der Waals surface area contributed by atoms with Crippen LogP contribution in [0.1, 0.15) is 51.2 Å². The molecule has 1 aromatic carbocycles. The molecular formula is C26H24ClN5O2. The fourth-order valence-electron chi connectivity index (χ4n) is 5.16. The van der Waals surface area contributed by atoms with Crippen LogP contribution < -0.4 is 4.90 Å². The zero-order valence-electron chi connectivity index (χ0n) is 19.2. The lowest BCUT2D eigenvalue weighted by molar-refractivity contribution is 0.0993. The highest BCUT2D eigenvalue weighted by Gasteiger charge is 2.42. The molecule has 34 heavy (non-hydrogen) atoms. The van der Waals surface area contributed by atoms with Gasteiger partial charge < -0.3 is 9.30 Å². The van der Waals surface area contributed by atoms with Crippen molar-refractivity contribution in [2.75, 3.05) is 18.1 Å².